The Morgan fingerprint density at radius 3 is 2.36 bits per heavy atom. The second-order valence-corrected chi connectivity index (χ2v) is 8.57. The molecule has 1 aliphatic heterocycles. The predicted molar refractivity (Wildman–Crippen MR) is 103 cm³/mol. The first-order valence-corrected chi connectivity index (χ1v) is 9.72. The van der Waals surface area contributed by atoms with E-state index in [2.05, 4.69) is 20.9 Å². The maximum atomic E-state index is 13.0. The second kappa shape index (κ2) is 7.40. The van der Waals surface area contributed by atoms with Crippen LogP contribution in [-0.2, 0) is 11.3 Å². The molecule has 0 bridgehead atoms. The molecule has 5 nitrogen and oxygen atoms in total. The summed E-state index contributed by atoms with van der Waals surface area (Å²) in [6, 6.07) is 6.36. The Kier molecular flexibility index (Phi) is 5.46. The van der Waals surface area contributed by atoms with Crippen molar-refractivity contribution in [1.29, 1.82) is 0 Å². The quantitative estimate of drug-likeness (QED) is 0.452. The van der Waals surface area contributed by atoms with E-state index >= 15 is 0 Å². The Hall–Kier alpha value is -2.07. The summed E-state index contributed by atoms with van der Waals surface area (Å²) < 4.78 is 38.2. The Balaban J connectivity index is 1.88. The van der Waals surface area contributed by atoms with Crippen LogP contribution in [0.4, 0.5) is 23.7 Å². The summed E-state index contributed by atoms with van der Waals surface area (Å²) in [5.74, 6) is -0.445. The normalized spacial score (nSPS) is 16.8. The molecule has 1 aromatic heterocycles. The number of hydrogen-bond donors (Lipinski definition) is 0. The van der Waals surface area contributed by atoms with Gasteiger partial charge in [-0.2, -0.15) is 13.2 Å². The van der Waals surface area contributed by atoms with E-state index in [1.165, 1.54) is 29.2 Å². The first-order valence-electron chi connectivity index (χ1n) is 8.11. The lowest BCUT2D eigenvalue weighted by molar-refractivity contribution is -0.123. The number of halogens is 4. The molecule has 0 radical (unpaired) electrons. The zero-order valence-corrected chi connectivity index (χ0v) is 17.2. The van der Waals surface area contributed by atoms with E-state index in [9.17, 15) is 22.8 Å². The highest BCUT2D eigenvalue weighted by molar-refractivity contribution is 9.10. The fourth-order valence-electron chi connectivity index (χ4n) is 2.83. The summed E-state index contributed by atoms with van der Waals surface area (Å²) in [5.41, 5.74) is -4.51. The number of carbonyl (C=O) groups is 2. The monoisotopic (exact) mass is 473 g/mol. The van der Waals surface area contributed by atoms with E-state index in [1.54, 1.807) is 32.3 Å². The number of hydrogen-bond acceptors (Lipinski definition) is 4. The molecule has 3 rings (SSSR count). The van der Waals surface area contributed by atoms with Gasteiger partial charge in [0.05, 0.1) is 5.69 Å². The number of carbonyl (C=O) groups excluding carboxylic acids is 2. The molecule has 10 heteroatoms. The molecule has 0 spiro atoms. The maximum absolute atomic E-state index is 13.0. The predicted octanol–water partition coefficient (Wildman–Crippen LogP) is 5.20. The van der Waals surface area contributed by atoms with Crippen molar-refractivity contribution in [2.75, 3.05) is 4.90 Å². The van der Waals surface area contributed by atoms with Crippen LogP contribution in [0.15, 0.2) is 52.1 Å². The lowest BCUT2D eigenvalue weighted by atomic mass is 10.0. The highest BCUT2D eigenvalue weighted by Gasteiger charge is 2.51. The van der Waals surface area contributed by atoms with Gasteiger partial charge in [-0.3, -0.25) is 9.78 Å². The van der Waals surface area contributed by atoms with Crippen LogP contribution in [0.3, 0.4) is 0 Å². The standard InChI is InChI=1S/C18H15BrF3N3O2S/c1-17(2)15(26)25(12-3-5-13(6-4-12)28-18(20,21)22)16(27)24(17)10-11-7-8-23-9-14(11)19/h3-9H,10H2,1-2H3. The van der Waals surface area contributed by atoms with Gasteiger partial charge in [0.1, 0.15) is 5.54 Å². The molecule has 3 amide bonds. The van der Waals surface area contributed by atoms with Gasteiger partial charge in [0.2, 0.25) is 0 Å². The van der Waals surface area contributed by atoms with E-state index in [4.69, 9.17) is 0 Å². The molecule has 0 atom stereocenters. The van der Waals surface area contributed by atoms with Gasteiger partial charge >= 0.3 is 11.5 Å². The molecule has 0 saturated carbocycles. The fourth-order valence-corrected chi connectivity index (χ4v) is 3.74. The average molecular weight is 474 g/mol. The molecule has 1 aromatic carbocycles. The number of anilines is 1. The SMILES string of the molecule is CC1(C)C(=O)N(c2ccc(SC(F)(F)F)cc2)C(=O)N1Cc1ccncc1Br. The van der Waals surface area contributed by atoms with E-state index in [0.717, 1.165) is 10.5 Å². The summed E-state index contributed by atoms with van der Waals surface area (Å²) in [5, 5.41) is 0. The first kappa shape index (κ1) is 20.7. The van der Waals surface area contributed by atoms with Gasteiger partial charge in [0.25, 0.3) is 5.91 Å². The molecule has 1 aliphatic rings. The number of urea groups is 1. The van der Waals surface area contributed by atoms with Crippen LogP contribution in [0.2, 0.25) is 0 Å². The van der Waals surface area contributed by atoms with Crippen LogP contribution in [0, 0.1) is 0 Å². The summed E-state index contributed by atoms with van der Waals surface area (Å²) in [4.78, 5) is 32.2. The minimum absolute atomic E-state index is 0.0211. The summed E-state index contributed by atoms with van der Waals surface area (Å²) in [6.07, 6.45) is 3.18. The smallest absolute Gasteiger partial charge is 0.305 e. The van der Waals surface area contributed by atoms with E-state index in [1.807, 2.05) is 0 Å². The lowest BCUT2D eigenvalue weighted by Crippen LogP contribution is -2.43. The zero-order valence-electron chi connectivity index (χ0n) is 14.8. The van der Waals surface area contributed by atoms with Gasteiger partial charge < -0.3 is 4.90 Å². The second-order valence-electron chi connectivity index (χ2n) is 6.58. The number of pyridine rings is 1. The van der Waals surface area contributed by atoms with Crippen molar-refractivity contribution >= 4 is 45.3 Å². The van der Waals surface area contributed by atoms with Crippen molar-refractivity contribution in [1.82, 2.24) is 9.88 Å². The molecule has 0 aliphatic carbocycles. The minimum atomic E-state index is -4.41. The molecule has 2 heterocycles. The summed E-state index contributed by atoms with van der Waals surface area (Å²) >= 11 is 3.12. The number of aromatic nitrogens is 1. The minimum Gasteiger partial charge on any atom is -0.305 e. The Morgan fingerprint density at radius 2 is 1.79 bits per heavy atom. The van der Waals surface area contributed by atoms with Crippen molar-refractivity contribution in [2.24, 2.45) is 0 Å². The van der Waals surface area contributed by atoms with Gasteiger partial charge in [-0.1, -0.05) is 0 Å². The molecule has 1 fully saturated rings. The van der Waals surface area contributed by atoms with Crippen LogP contribution >= 0.6 is 27.7 Å². The Morgan fingerprint density at radius 1 is 1.14 bits per heavy atom. The third-order valence-electron chi connectivity index (χ3n) is 4.34. The van der Waals surface area contributed by atoms with Gasteiger partial charge in [0.15, 0.2) is 0 Å². The number of alkyl halides is 3. The van der Waals surface area contributed by atoms with Crippen molar-refractivity contribution in [2.45, 2.75) is 36.3 Å². The van der Waals surface area contributed by atoms with Crippen LogP contribution in [0.1, 0.15) is 19.4 Å². The molecular formula is C18H15BrF3N3O2S. The van der Waals surface area contributed by atoms with Crippen LogP contribution < -0.4 is 4.90 Å². The summed E-state index contributed by atoms with van der Waals surface area (Å²) in [6.45, 7) is 3.45. The van der Waals surface area contributed by atoms with Crippen molar-refractivity contribution in [3.8, 4) is 0 Å². The number of rotatable bonds is 4. The highest BCUT2D eigenvalue weighted by Crippen LogP contribution is 2.39. The van der Waals surface area contributed by atoms with Crippen LogP contribution in [0.5, 0.6) is 0 Å². The van der Waals surface area contributed by atoms with Crippen LogP contribution in [-0.4, -0.2) is 32.9 Å². The molecule has 0 unspecified atom stereocenters. The van der Waals surface area contributed by atoms with Gasteiger partial charge in [-0.15, -0.1) is 0 Å². The molecule has 148 valence electrons. The molecule has 2 aromatic rings. The number of benzene rings is 1. The van der Waals surface area contributed by atoms with Gasteiger partial charge in [-0.05, 0) is 77.4 Å². The Labute approximate surface area is 172 Å². The molecule has 0 N–H and O–H groups in total. The third kappa shape index (κ3) is 4.02. The number of nitrogens with zero attached hydrogens (tertiary/aromatic N) is 3. The summed E-state index contributed by atoms with van der Waals surface area (Å²) in [7, 11) is 0. The average Bonchev–Trinajstić information content (AvgIpc) is 2.76. The molecule has 1 saturated heterocycles. The van der Waals surface area contributed by atoms with E-state index in [-0.39, 0.29) is 28.9 Å². The first-order chi connectivity index (χ1) is 13.0. The highest BCUT2D eigenvalue weighted by atomic mass is 79.9. The van der Waals surface area contributed by atoms with Crippen molar-refractivity contribution < 1.29 is 22.8 Å². The largest absolute Gasteiger partial charge is 0.446 e. The topological polar surface area (TPSA) is 53.5 Å². The van der Waals surface area contributed by atoms with Gasteiger partial charge in [0, 0.05) is 28.3 Å². The van der Waals surface area contributed by atoms with Gasteiger partial charge in [-0.25, -0.2) is 9.69 Å². The Bertz CT molecular complexity index is 919. The van der Waals surface area contributed by atoms with Crippen molar-refractivity contribution in [3.05, 3.63) is 52.8 Å². The number of amides is 3. The van der Waals surface area contributed by atoms with Crippen molar-refractivity contribution in [3.63, 3.8) is 0 Å². The van der Waals surface area contributed by atoms with E-state index in [0.29, 0.717) is 4.47 Å². The number of thioether (sulfide) groups is 1. The number of imide groups is 1. The van der Waals surface area contributed by atoms with Crippen LogP contribution in [0.25, 0.3) is 0 Å². The maximum Gasteiger partial charge on any atom is 0.446 e. The van der Waals surface area contributed by atoms with E-state index < -0.39 is 23.0 Å². The fraction of sp³-hybridized carbons (Fsp3) is 0.278. The zero-order chi connectivity index (χ0) is 20.7. The molecule has 28 heavy (non-hydrogen) atoms. The third-order valence-corrected chi connectivity index (χ3v) is 5.79. The lowest BCUT2D eigenvalue weighted by Gasteiger charge is -2.28. The molecular weight excluding hydrogens is 459 g/mol.